The lowest BCUT2D eigenvalue weighted by atomic mass is 9.80. The third-order valence-electron chi connectivity index (χ3n) is 3.41. The molecule has 88 valence electrons. The Balaban J connectivity index is 2.24. The van der Waals surface area contributed by atoms with E-state index < -0.39 is 5.54 Å². The van der Waals surface area contributed by atoms with E-state index in [0.29, 0.717) is 0 Å². The van der Waals surface area contributed by atoms with Gasteiger partial charge >= 0.3 is 0 Å². The molecule has 0 fully saturated rings. The number of hydrogen-bond donors (Lipinski definition) is 0. The molecule has 1 aliphatic heterocycles. The molecular formula is C16H14N2. The highest BCUT2D eigenvalue weighted by atomic mass is 15.0. The van der Waals surface area contributed by atoms with Crippen molar-refractivity contribution >= 4 is 12.1 Å². The summed E-state index contributed by atoms with van der Waals surface area (Å²) in [4.78, 5) is 9.03. The van der Waals surface area contributed by atoms with Gasteiger partial charge in [-0.25, -0.2) is 4.99 Å². The largest absolute Gasteiger partial charge is 0.251 e. The molecule has 0 bridgehead atoms. The van der Waals surface area contributed by atoms with Gasteiger partial charge in [0, 0.05) is 0 Å². The van der Waals surface area contributed by atoms with Gasteiger partial charge in [0.15, 0.2) is 5.54 Å². The predicted octanol–water partition coefficient (Wildman–Crippen LogP) is 3.43. The van der Waals surface area contributed by atoms with Crippen molar-refractivity contribution in [1.82, 2.24) is 0 Å². The third kappa shape index (κ3) is 1.50. The lowest BCUT2D eigenvalue weighted by Gasteiger charge is -2.27. The highest BCUT2D eigenvalue weighted by molar-refractivity contribution is 6.04. The van der Waals surface area contributed by atoms with Crippen molar-refractivity contribution in [2.45, 2.75) is 12.5 Å². The third-order valence-corrected chi connectivity index (χ3v) is 3.41. The van der Waals surface area contributed by atoms with Crippen molar-refractivity contribution in [3.63, 3.8) is 0 Å². The van der Waals surface area contributed by atoms with Gasteiger partial charge in [-0.15, -0.1) is 0 Å². The van der Waals surface area contributed by atoms with Gasteiger partial charge in [-0.3, -0.25) is 4.99 Å². The minimum absolute atomic E-state index is 0.442. The van der Waals surface area contributed by atoms with Crippen LogP contribution in [0.4, 0.5) is 0 Å². The van der Waals surface area contributed by atoms with Crippen LogP contribution >= 0.6 is 0 Å². The summed E-state index contributed by atoms with van der Waals surface area (Å²) in [5.41, 5.74) is 2.89. The molecule has 1 heterocycles. The quantitative estimate of drug-likeness (QED) is 0.760. The molecule has 0 atom stereocenters. The van der Waals surface area contributed by atoms with Crippen LogP contribution in [0.15, 0.2) is 70.6 Å². The van der Waals surface area contributed by atoms with E-state index in [-0.39, 0.29) is 0 Å². The van der Waals surface area contributed by atoms with E-state index in [4.69, 9.17) is 0 Å². The molecule has 2 aromatic rings. The molecule has 18 heavy (non-hydrogen) atoms. The normalized spacial score (nSPS) is 16.6. The van der Waals surface area contributed by atoms with Crippen molar-refractivity contribution < 1.29 is 0 Å². The standard InChI is InChI=1S/C16H14N2/c1-13-16(18-12-17-13,14-8-4-2-5-9-14)15-10-6-3-7-11-15/h2-12H,1H3. The van der Waals surface area contributed by atoms with Gasteiger partial charge in [-0.05, 0) is 18.1 Å². The maximum atomic E-state index is 4.66. The smallest absolute Gasteiger partial charge is 0.150 e. The van der Waals surface area contributed by atoms with Crippen LogP contribution in [-0.4, -0.2) is 12.1 Å². The fourth-order valence-electron chi connectivity index (χ4n) is 2.48. The van der Waals surface area contributed by atoms with E-state index in [1.807, 2.05) is 43.3 Å². The number of benzene rings is 2. The first-order valence-corrected chi connectivity index (χ1v) is 6.03. The van der Waals surface area contributed by atoms with E-state index in [9.17, 15) is 0 Å². The average Bonchev–Trinajstić information content (AvgIpc) is 2.84. The summed E-state index contributed by atoms with van der Waals surface area (Å²) in [6.07, 6.45) is 1.66. The van der Waals surface area contributed by atoms with Crippen LogP contribution in [-0.2, 0) is 5.54 Å². The topological polar surface area (TPSA) is 24.7 Å². The number of aliphatic imine (C=N–C) groups is 2. The highest BCUT2D eigenvalue weighted by Crippen LogP contribution is 2.37. The minimum Gasteiger partial charge on any atom is -0.251 e. The average molecular weight is 234 g/mol. The van der Waals surface area contributed by atoms with Gasteiger partial charge in [-0.1, -0.05) is 60.7 Å². The molecule has 0 aliphatic carbocycles. The molecular weight excluding hydrogens is 220 g/mol. The summed E-state index contributed by atoms with van der Waals surface area (Å²) in [6, 6.07) is 20.6. The summed E-state index contributed by atoms with van der Waals surface area (Å²) in [7, 11) is 0. The first kappa shape index (κ1) is 10.9. The molecule has 1 aliphatic rings. The van der Waals surface area contributed by atoms with Gasteiger partial charge in [0.25, 0.3) is 0 Å². The molecule has 2 heteroatoms. The number of rotatable bonds is 2. The first-order chi connectivity index (χ1) is 8.84. The molecule has 0 aromatic heterocycles. The molecule has 2 nitrogen and oxygen atoms in total. The zero-order chi connectivity index (χ0) is 12.4. The molecule has 0 N–H and O–H groups in total. The zero-order valence-corrected chi connectivity index (χ0v) is 10.2. The molecule has 0 saturated heterocycles. The fraction of sp³-hybridized carbons (Fsp3) is 0.125. The number of hydrogen-bond acceptors (Lipinski definition) is 2. The van der Waals surface area contributed by atoms with Crippen LogP contribution in [0.3, 0.4) is 0 Å². The van der Waals surface area contributed by atoms with Crippen molar-refractivity contribution in [3.05, 3.63) is 71.8 Å². The molecule has 0 radical (unpaired) electrons. The van der Waals surface area contributed by atoms with E-state index in [1.165, 1.54) is 0 Å². The minimum atomic E-state index is -0.442. The van der Waals surface area contributed by atoms with Crippen LogP contribution < -0.4 is 0 Å². The van der Waals surface area contributed by atoms with Gasteiger partial charge in [0.1, 0.15) is 6.34 Å². The van der Waals surface area contributed by atoms with Crippen LogP contribution in [0.2, 0.25) is 0 Å². The van der Waals surface area contributed by atoms with Crippen molar-refractivity contribution in [3.8, 4) is 0 Å². The second-order valence-electron chi connectivity index (χ2n) is 4.40. The Bertz CT molecular complexity index is 558. The Morgan fingerprint density at radius 2 is 1.28 bits per heavy atom. The van der Waals surface area contributed by atoms with Crippen LogP contribution in [0.1, 0.15) is 18.1 Å². The Morgan fingerprint density at radius 1 is 0.778 bits per heavy atom. The summed E-state index contributed by atoms with van der Waals surface area (Å²) in [6.45, 7) is 2.03. The molecule has 2 aromatic carbocycles. The molecule has 0 spiro atoms. The Morgan fingerprint density at radius 3 is 1.67 bits per heavy atom. The Kier molecular flexibility index (Phi) is 2.56. The van der Waals surface area contributed by atoms with E-state index in [1.54, 1.807) is 6.34 Å². The van der Waals surface area contributed by atoms with Gasteiger partial charge in [-0.2, -0.15) is 0 Å². The van der Waals surface area contributed by atoms with E-state index in [0.717, 1.165) is 16.8 Å². The van der Waals surface area contributed by atoms with Crippen molar-refractivity contribution in [1.29, 1.82) is 0 Å². The molecule has 0 amide bonds. The summed E-state index contributed by atoms with van der Waals surface area (Å²) in [5.74, 6) is 0. The SMILES string of the molecule is CC1=NC=NC1(c1ccccc1)c1ccccc1. The van der Waals surface area contributed by atoms with Crippen molar-refractivity contribution in [2.75, 3.05) is 0 Å². The van der Waals surface area contributed by atoms with E-state index >= 15 is 0 Å². The van der Waals surface area contributed by atoms with Crippen LogP contribution in [0.25, 0.3) is 0 Å². The first-order valence-electron chi connectivity index (χ1n) is 6.03. The number of nitrogens with zero attached hydrogens (tertiary/aromatic N) is 2. The second-order valence-corrected chi connectivity index (χ2v) is 4.40. The molecule has 0 unspecified atom stereocenters. The van der Waals surface area contributed by atoms with Gasteiger partial charge in [0.05, 0.1) is 5.71 Å². The lowest BCUT2D eigenvalue weighted by Crippen LogP contribution is -2.31. The second kappa shape index (κ2) is 4.22. The van der Waals surface area contributed by atoms with E-state index in [2.05, 4.69) is 34.3 Å². The fourth-order valence-corrected chi connectivity index (χ4v) is 2.48. The summed E-state index contributed by atoms with van der Waals surface area (Å²) in [5, 5.41) is 0. The maximum Gasteiger partial charge on any atom is 0.150 e. The van der Waals surface area contributed by atoms with Crippen LogP contribution in [0, 0.1) is 0 Å². The monoisotopic (exact) mass is 234 g/mol. The maximum absolute atomic E-state index is 4.66. The Labute approximate surface area is 107 Å². The van der Waals surface area contributed by atoms with Crippen LogP contribution in [0.5, 0.6) is 0 Å². The zero-order valence-electron chi connectivity index (χ0n) is 10.2. The van der Waals surface area contributed by atoms with Gasteiger partial charge < -0.3 is 0 Å². The lowest BCUT2D eigenvalue weighted by molar-refractivity contribution is 0.746. The highest BCUT2D eigenvalue weighted by Gasteiger charge is 2.38. The molecule has 3 rings (SSSR count). The summed E-state index contributed by atoms with van der Waals surface area (Å²) < 4.78 is 0. The Hall–Kier alpha value is -2.22. The van der Waals surface area contributed by atoms with Gasteiger partial charge in [0.2, 0.25) is 0 Å². The van der Waals surface area contributed by atoms with Crippen molar-refractivity contribution in [2.24, 2.45) is 9.98 Å². The molecule has 0 saturated carbocycles. The summed E-state index contributed by atoms with van der Waals surface area (Å²) >= 11 is 0. The predicted molar refractivity (Wildman–Crippen MR) is 75.3 cm³/mol.